The lowest BCUT2D eigenvalue weighted by atomic mass is 9.96. The average Bonchev–Trinajstić information content (AvgIpc) is 2.83. The van der Waals surface area contributed by atoms with E-state index in [0.29, 0.717) is 17.7 Å². The first kappa shape index (κ1) is 23.7. The summed E-state index contributed by atoms with van der Waals surface area (Å²) >= 11 is 0. The van der Waals surface area contributed by atoms with Gasteiger partial charge in [0.05, 0.1) is 5.56 Å². The van der Waals surface area contributed by atoms with Crippen LogP contribution in [-0.2, 0) is 6.42 Å². The first-order chi connectivity index (χ1) is 16.4. The normalized spacial score (nSPS) is 11.1. The highest BCUT2D eigenvalue weighted by atomic mass is 19.2. The maximum absolute atomic E-state index is 14.8. The molecule has 0 nitrogen and oxygen atoms in total. The predicted octanol–water partition coefficient (Wildman–Crippen LogP) is 9.12. The second-order valence-electron chi connectivity index (χ2n) is 8.30. The van der Waals surface area contributed by atoms with Crippen molar-refractivity contribution in [2.45, 2.75) is 32.6 Å². The Morgan fingerprint density at radius 2 is 0.941 bits per heavy atom. The third-order valence-electron chi connectivity index (χ3n) is 5.89. The zero-order valence-electron chi connectivity index (χ0n) is 18.6. The van der Waals surface area contributed by atoms with Crippen LogP contribution in [0.15, 0.2) is 72.8 Å². The van der Waals surface area contributed by atoms with Crippen LogP contribution in [0.4, 0.5) is 22.0 Å². The van der Waals surface area contributed by atoms with E-state index in [-0.39, 0.29) is 5.56 Å². The molecule has 0 unspecified atom stereocenters. The van der Waals surface area contributed by atoms with Crippen molar-refractivity contribution in [2.75, 3.05) is 0 Å². The molecule has 0 aromatic heterocycles. The minimum atomic E-state index is -1.69. The summed E-state index contributed by atoms with van der Waals surface area (Å²) in [6.45, 7) is 2.18. The largest absolute Gasteiger partial charge is 0.206 e. The van der Waals surface area contributed by atoms with Crippen molar-refractivity contribution in [1.82, 2.24) is 0 Å². The van der Waals surface area contributed by atoms with Gasteiger partial charge in [-0.15, -0.1) is 0 Å². The molecule has 174 valence electrons. The maximum atomic E-state index is 14.8. The molecule has 0 amide bonds. The van der Waals surface area contributed by atoms with Gasteiger partial charge in [0.1, 0.15) is 11.6 Å². The van der Waals surface area contributed by atoms with Gasteiger partial charge in [0.2, 0.25) is 0 Å². The van der Waals surface area contributed by atoms with Crippen molar-refractivity contribution in [3.05, 3.63) is 107 Å². The number of rotatable bonds is 7. The van der Waals surface area contributed by atoms with Gasteiger partial charge in [0.25, 0.3) is 0 Å². The minimum absolute atomic E-state index is 0.277. The molecule has 0 atom stereocenters. The van der Waals surface area contributed by atoms with Gasteiger partial charge in [-0.3, -0.25) is 0 Å². The minimum Gasteiger partial charge on any atom is -0.206 e. The number of hydrogen-bond donors (Lipinski definition) is 0. The topological polar surface area (TPSA) is 0 Å². The molecule has 0 heterocycles. The Balaban J connectivity index is 1.57. The van der Waals surface area contributed by atoms with Gasteiger partial charge in [0.15, 0.2) is 17.5 Å². The molecule has 0 saturated carbocycles. The van der Waals surface area contributed by atoms with Gasteiger partial charge in [-0.25, -0.2) is 22.0 Å². The van der Waals surface area contributed by atoms with Gasteiger partial charge in [-0.05, 0) is 70.5 Å². The molecule has 0 fully saturated rings. The smallest absolute Gasteiger partial charge is 0.194 e. The fraction of sp³-hybridized carbons (Fsp3) is 0.172. The summed E-state index contributed by atoms with van der Waals surface area (Å²) in [5.74, 6) is -6.70. The Kier molecular flexibility index (Phi) is 7.11. The van der Waals surface area contributed by atoms with E-state index in [4.69, 9.17) is 0 Å². The first-order valence-corrected chi connectivity index (χ1v) is 11.2. The lowest BCUT2D eigenvalue weighted by molar-refractivity contribution is 0.447. The van der Waals surface area contributed by atoms with Crippen LogP contribution in [-0.4, -0.2) is 0 Å². The van der Waals surface area contributed by atoms with Crippen molar-refractivity contribution in [1.29, 1.82) is 0 Å². The number of halogens is 5. The quantitative estimate of drug-likeness (QED) is 0.145. The second kappa shape index (κ2) is 10.2. The molecule has 0 N–H and O–H groups in total. The van der Waals surface area contributed by atoms with Crippen LogP contribution in [0.3, 0.4) is 0 Å². The van der Waals surface area contributed by atoms with Crippen LogP contribution in [0.1, 0.15) is 31.7 Å². The van der Waals surface area contributed by atoms with Gasteiger partial charge >= 0.3 is 0 Å². The molecule has 0 spiro atoms. The summed E-state index contributed by atoms with van der Waals surface area (Å²) < 4.78 is 69.8. The summed E-state index contributed by atoms with van der Waals surface area (Å²) in [5, 5.41) is 0. The molecule has 0 radical (unpaired) electrons. The molecule has 4 aromatic carbocycles. The number of aryl methyl sites for hydroxylation is 1. The maximum Gasteiger partial charge on any atom is 0.194 e. The monoisotopic (exact) mass is 466 g/mol. The SMILES string of the molecule is CCCCCc1ccc(-c2ccc(-c3cc(F)c(-c4cc(F)c(F)c(F)c4)c(F)c3)cc2)cc1. The summed E-state index contributed by atoms with van der Waals surface area (Å²) in [6.07, 6.45) is 4.62. The fourth-order valence-electron chi connectivity index (χ4n) is 4.01. The lowest BCUT2D eigenvalue weighted by Crippen LogP contribution is -1.97. The van der Waals surface area contributed by atoms with Crippen LogP contribution in [0, 0.1) is 29.1 Å². The Morgan fingerprint density at radius 1 is 0.500 bits per heavy atom. The van der Waals surface area contributed by atoms with Gasteiger partial charge in [-0.2, -0.15) is 0 Å². The number of benzene rings is 4. The molecule has 0 aliphatic heterocycles. The number of hydrogen-bond acceptors (Lipinski definition) is 0. The van der Waals surface area contributed by atoms with E-state index in [9.17, 15) is 22.0 Å². The van der Waals surface area contributed by atoms with Crippen molar-refractivity contribution < 1.29 is 22.0 Å². The van der Waals surface area contributed by atoms with Crippen LogP contribution < -0.4 is 0 Å². The average molecular weight is 466 g/mol. The van der Waals surface area contributed by atoms with Crippen LogP contribution in [0.5, 0.6) is 0 Å². The van der Waals surface area contributed by atoms with Crippen LogP contribution in [0.25, 0.3) is 33.4 Å². The first-order valence-electron chi connectivity index (χ1n) is 11.2. The van der Waals surface area contributed by atoms with Crippen molar-refractivity contribution in [2.24, 2.45) is 0 Å². The zero-order chi connectivity index (χ0) is 24.2. The van der Waals surface area contributed by atoms with Gasteiger partial charge in [0, 0.05) is 0 Å². The Labute approximate surface area is 195 Å². The van der Waals surface area contributed by atoms with Crippen LogP contribution >= 0.6 is 0 Å². The van der Waals surface area contributed by atoms with Gasteiger partial charge in [-0.1, -0.05) is 68.3 Å². The standard InChI is InChI=1S/C29H23F5/c1-2-3-4-5-18-6-8-19(9-7-18)20-10-12-21(13-11-20)22-14-24(30)28(25(31)15-22)23-16-26(32)29(34)27(33)17-23/h6-17H,2-5H2,1H3. The van der Waals surface area contributed by atoms with E-state index in [1.807, 2.05) is 12.1 Å². The van der Waals surface area contributed by atoms with E-state index >= 15 is 0 Å². The van der Waals surface area contributed by atoms with Crippen molar-refractivity contribution in [3.8, 4) is 33.4 Å². The Bertz CT molecular complexity index is 1250. The van der Waals surface area contributed by atoms with Crippen molar-refractivity contribution in [3.63, 3.8) is 0 Å². The Morgan fingerprint density at radius 3 is 1.44 bits per heavy atom. The van der Waals surface area contributed by atoms with Crippen LogP contribution in [0.2, 0.25) is 0 Å². The summed E-state index contributed by atoms with van der Waals surface area (Å²) in [7, 11) is 0. The Hall–Kier alpha value is -3.47. The van der Waals surface area contributed by atoms with E-state index in [1.54, 1.807) is 12.1 Å². The molecule has 0 aliphatic rings. The van der Waals surface area contributed by atoms with Crippen molar-refractivity contribution >= 4 is 0 Å². The van der Waals surface area contributed by atoms with E-state index in [2.05, 4.69) is 31.2 Å². The zero-order valence-corrected chi connectivity index (χ0v) is 18.6. The summed E-state index contributed by atoms with van der Waals surface area (Å²) in [6, 6.07) is 18.9. The summed E-state index contributed by atoms with van der Waals surface area (Å²) in [5.41, 5.74) is 3.14. The highest BCUT2D eigenvalue weighted by molar-refractivity contribution is 5.74. The number of unbranched alkanes of at least 4 members (excludes halogenated alkanes) is 2. The molecule has 5 heteroatoms. The second-order valence-corrected chi connectivity index (χ2v) is 8.30. The highest BCUT2D eigenvalue weighted by Crippen LogP contribution is 2.33. The molecule has 34 heavy (non-hydrogen) atoms. The van der Waals surface area contributed by atoms with E-state index < -0.39 is 40.2 Å². The molecular formula is C29H23F5. The van der Waals surface area contributed by atoms with E-state index in [0.717, 1.165) is 29.7 Å². The van der Waals surface area contributed by atoms with E-state index in [1.165, 1.54) is 24.8 Å². The van der Waals surface area contributed by atoms with Gasteiger partial charge < -0.3 is 0 Å². The highest BCUT2D eigenvalue weighted by Gasteiger charge is 2.18. The molecule has 0 bridgehead atoms. The lowest BCUT2D eigenvalue weighted by Gasteiger charge is -2.11. The summed E-state index contributed by atoms with van der Waals surface area (Å²) in [4.78, 5) is 0. The third kappa shape index (κ3) is 5.04. The molecule has 4 rings (SSSR count). The fourth-order valence-corrected chi connectivity index (χ4v) is 4.01. The molecule has 0 saturated heterocycles. The predicted molar refractivity (Wildman–Crippen MR) is 126 cm³/mol. The third-order valence-corrected chi connectivity index (χ3v) is 5.89. The molecular weight excluding hydrogens is 443 g/mol. The molecule has 0 aliphatic carbocycles. The molecule has 4 aromatic rings.